The second-order valence-electron chi connectivity index (χ2n) is 4.99. The van der Waals surface area contributed by atoms with Gasteiger partial charge in [0.1, 0.15) is 23.9 Å². The van der Waals surface area contributed by atoms with Gasteiger partial charge < -0.3 is 24.8 Å². The molecule has 4 atom stereocenters. The molecule has 2 heterocycles. The number of aromatic amines is 1. The van der Waals surface area contributed by atoms with Crippen LogP contribution in [0.4, 0.5) is 0 Å². The third-order valence-electron chi connectivity index (χ3n) is 3.65. The number of aliphatic hydroxyl groups is 3. The lowest BCUT2D eigenvalue weighted by Gasteiger charge is -2.30. The molecule has 1 aliphatic rings. The van der Waals surface area contributed by atoms with Crippen molar-refractivity contribution < 1.29 is 29.6 Å². The van der Waals surface area contributed by atoms with Gasteiger partial charge in [-0.25, -0.2) is 4.79 Å². The summed E-state index contributed by atoms with van der Waals surface area (Å²) in [6.45, 7) is 0.889. The minimum absolute atomic E-state index is 0.120. The third-order valence-corrected chi connectivity index (χ3v) is 3.95. The predicted octanol–water partition coefficient (Wildman–Crippen LogP) is -1.52. The molecule has 1 fully saturated rings. The molecule has 0 saturated carbocycles. The van der Waals surface area contributed by atoms with Crippen molar-refractivity contribution in [3.05, 3.63) is 26.9 Å². The van der Waals surface area contributed by atoms with E-state index in [1.165, 1.54) is 6.92 Å². The minimum atomic E-state index is -1.57. The summed E-state index contributed by atoms with van der Waals surface area (Å²) >= 11 is 5.02. The maximum atomic E-state index is 11.7. The van der Waals surface area contributed by atoms with Crippen LogP contribution in [0.5, 0.6) is 0 Å². The van der Waals surface area contributed by atoms with Crippen molar-refractivity contribution >= 4 is 18.2 Å². The van der Waals surface area contributed by atoms with Gasteiger partial charge in [-0.05, 0) is 19.1 Å². The van der Waals surface area contributed by atoms with Crippen LogP contribution in [0.3, 0.4) is 0 Å². The van der Waals surface area contributed by atoms with E-state index in [9.17, 15) is 19.8 Å². The van der Waals surface area contributed by atoms with E-state index in [2.05, 4.69) is 9.72 Å². The summed E-state index contributed by atoms with van der Waals surface area (Å²) in [6.07, 6.45) is -2.74. The molecule has 0 aromatic carbocycles. The summed E-state index contributed by atoms with van der Waals surface area (Å²) < 4.78 is 11.0. The van der Waals surface area contributed by atoms with Crippen molar-refractivity contribution in [3.8, 4) is 0 Å². The summed E-state index contributed by atoms with van der Waals surface area (Å²) in [4.78, 5) is 25.6. The van der Waals surface area contributed by atoms with Gasteiger partial charge in [-0.1, -0.05) is 0 Å². The van der Waals surface area contributed by atoms with Crippen molar-refractivity contribution in [2.45, 2.75) is 31.0 Å². The summed E-state index contributed by atoms with van der Waals surface area (Å²) in [5.74, 6) is -0.889. The number of nitrogens with one attached hydrogen (secondary N) is 1. The van der Waals surface area contributed by atoms with Crippen LogP contribution in [0, 0.1) is 4.77 Å². The first-order valence-corrected chi connectivity index (χ1v) is 6.76. The average Bonchev–Trinajstić information content (AvgIpc) is 2.71. The van der Waals surface area contributed by atoms with Crippen molar-refractivity contribution in [1.82, 2.24) is 9.55 Å². The number of methoxy groups -OCH3 is 1. The maximum absolute atomic E-state index is 11.7. The highest BCUT2D eigenvalue weighted by Gasteiger charge is 2.52. The van der Waals surface area contributed by atoms with Crippen molar-refractivity contribution in [1.29, 1.82) is 0 Å². The lowest BCUT2D eigenvalue weighted by molar-refractivity contribution is -0.136. The highest BCUT2D eigenvalue weighted by molar-refractivity contribution is 7.71. The molecule has 1 aromatic heterocycles. The topological polar surface area (TPSA) is 134 Å². The zero-order valence-corrected chi connectivity index (χ0v) is 12.7. The fraction of sp³-hybridized carbons (Fsp3) is 0.583. The quantitative estimate of drug-likeness (QED) is 0.387. The van der Waals surface area contributed by atoms with Crippen LogP contribution < -0.4 is 5.56 Å². The number of hydrogen-bond acceptors (Lipinski definition) is 8. The molecule has 122 valence electrons. The monoisotopic (exact) mass is 332 g/mol. The maximum Gasteiger partial charge on any atom is 0.345 e. The first-order chi connectivity index (χ1) is 10.3. The molecule has 1 saturated heterocycles. The summed E-state index contributed by atoms with van der Waals surface area (Å²) in [5, 5.41) is 29.2. The second-order valence-corrected chi connectivity index (χ2v) is 5.38. The van der Waals surface area contributed by atoms with Gasteiger partial charge in [0, 0.05) is 6.20 Å². The van der Waals surface area contributed by atoms with Gasteiger partial charge in [-0.2, -0.15) is 0 Å². The van der Waals surface area contributed by atoms with Crippen molar-refractivity contribution in [2.24, 2.45) is 0 Å². The number of hydrogen-bond donors (Lipinski definition) is 4. The fourth-order valence-electron chi connectivity index (χ4n) is 2.37. The molecule has 22 heavy (non-hydrogen) atoms. The van der Waals surface area contributed by atoms with Gasteiger partial charge >= 0.3 is 5.97 Å². The van der Waals surface area contributed by atoms with Gasteiger partial charge in [0.05, 0.1) is 13.7 Å². The first kappa shape index (κ1) is 16.8. The van der Waals surface area contributed by atoms with Crippen LogP contribution in [-0.4, -0.2) is 62.9 Å². The van der Waals surface area contributed by atoms with Gasteiger partial charge in [-0.3, -0.25) is 14.3 Å². The standard InChI is InChI=1S/C12H16N2O7S/c1-12(8(17)7(16)6(4-15)21-12)14-3-5(10(19)20-2)9(18)13-11(14)22/h3,6-8,15-17H,4H2,1-2H3,(H,13,18,22)/t6-,7-,8-,12-/m1/s1. The highest BCUT2D eigenvalue weighted by atomic mass is 32.1. The van der Waals surface area contributed by atoms with Crippen LogP contribution in [0.2, 0.25) is 0 Å². The molecule has 0 aliphatic carbocycles. The van der Waals surface area contributed by atoms with E-state index in [-0.39, 0.29) is 10.3 Å². The summed E-state index contributed by atoms with van der Waals surface area (Å²) in [6, 6.07) is 0. The van der Waals surface area contributed by atoms with E-state index in [0.29, 0.717) is 0 Å². The number of esters is 1. The molecule has 1 aromatic rings. The SMILES string of the molecule is COC(=O)c1cn([C@]2(C)O[C@H](CO)[C@@H](O)[C@H]2O)c(=S)[nH]c1=O. The Labute approximate surface area is 129 Å². The first-order valence-electron chi connectivity index (χ1n) is 6.35. The number of aromatic nitrogens is 2. The molecule has 4 N–H and O–H groups in total. The summed E-state index contributed by atoms with van der Waals surface area (Å²) in [7, 11) is 1.11. The van der Waals surface area contributed by atoms with Gasteiger partial charge in [0.15, 0.2) is 10.5 Å². The predicted molar refractivity (Wildman–Crippen MR) is 74.8 cm³/mol. The molecule has 1 aliphatic heterocycles. The van der Waals surface area contributed by atoms with E-state index < -0.39 is 42.2 Å². The Morgan fingerprint density at radius 1 is 1.59 bits per heavy atom. The Kier molecular flexibility index (Phi) is 4.49. The molecule has 0 radical (unpaired) electrons. The van der Waals surface area contributed by atoms with Gasteiger partial charge in [0.25, 0.3) is 5.56 Å². The van der Waals surface area contributed by atoms with E-state index in [0.717, 1.165) is 17.9 Å². The number of nitrogens with zero attached hydrogens (tertiary/aromatic N) is 1. The Balaban J connectivity index is 2.60. The number of rotatable bonds is 3. The highest BCUT2D eigenvalue weighted by Crippen LogP contribution is 2.35. The number of aliphatic hydroxyl groups excluding tert-OH is 3. The van der Waals surface area contributed by atoms with Crippen LogP contribution >= 0.6 is 12.2 Å². The molecule has 2 rings (SSSR count). The minimum Gasteiger partial charge on any atom is -0.465 e. The Bertz CT molecular complexity index is 699. The van der Waals surface area contributed by atoms with Gasteiger partial charge in [-0.15, -0.1) is 0 Å². The zero-order valence-electron chi connectivity index (χ0n) is 11.8. The number of H-pyrrole nitrogens is 1. The summed E-state index contributed by atoms with van der Waals surface area (Å²) in [5.41, 5.74) is -2.66. The van der Waals surface area contributed by atoms with Gasteiger partial charge in [0.2, 0.25) is 0 Å². The lowest BCUT2D eigenvalue weighted by atomic mass is 10.0. The average molecular weight is 332 g/mol. The normalized spacial score (nSPS) is 31.2. The lowest BCUT2D eigenvalue weighted by Crippen LogP contribution is -2.44. The number of carbonyl (C=O) groups excluding carboxylic acids is 1. The Morgan fingerprint density at radius 2 is 2.23 bits per heavy atom. The number of ether oxygens (including phenoxy) is 2. The zero-order chi connectivity index (χ0) is 16.7. The smallest absolute Gasteiger partial charge is 0.345 e. The molecular formula is C12H16N2O7S. The molecule has 0 bridgehead atoms. The second kappa shape index (κ2) is 5.89. The van der Waals surface area contributed by atoms with E-state index >= 15 is 0 Å². The van der Waals surface area contributed by atoms with Crippen LogP contribution in [-0.2, 0) is 15.2 Å². The van der Waals surface area contributed by atoms with Crippen molar-refractivity contribution in [2.75, 3.05) is 13.7 Å². The Hall–Kier alpha value is -1.59. The van der Waals surface area contributed by atoms with E-state index in [4.69, 9.17) is 22.1 Å². The molecule has 0 unspecified atom stereocenters. The van der Waals surface area contributed by atoms with Crippen LogP contribution in [0.15, 0.2) is 11.0 Å². The molecular weight excluding hydrogens is 316 g/mol. The third kappa shape index (κ3) is 2.48. The fourth-order valence-corrected chi connectivity index (χ4v) is 2.69. The molecule has 9 nitrogen and oxygen atoms in total. The largest absolute Gasteiger partial charge is 0.465 e. The molecule has 0 amide bonds. The molecule has 0 spiro atoms. The van der Waals surface area contributed by atoms with E-state index in [1.807, 2.05) is 0 Å². The number of carbonyl (C=O) groups is 1. The van der Waals surface area contributed by atoms with E-state index in [1.54, 1.807) is 0 Å². The van der Waals surface area contributed by atoms with Crippen molar-refractivity contribution in [3.63, 3.8) is 0 Å². The Morgan fingerprint density at radius 3 is 2.73 bits per heavy atom. The molecule has 10 heteroatoms. The van der Waals surface area contributed by atoms with Crippen LogP contribution in [0.1, 0.15) is 17.3 Å². The van der Waals surface area contributed by atoms with Crippen LogP contribution in [0.25, 0.3) is 0 Å².